The van der Waals surface area contributed by atoms with Crippen LogP contribution < -0.4 is 11.1 Å². The Bertz CT molecular complexity index is 607. The molecule has 0 aromatic heterocycles. The predicted octanol–water partition coefficient (Wildman–Crippen LogP) is 6.60. The lowest BCUT2D eigenvalue weighted by Gasteiger charge is -2.12. The zero-order chi connectivity index (χ0) is 20.5. The van der Waals surface area contributed by atoms with Crippen LogP contribution in [0.4, 0.5) is 11.4 Å². The van der Waals surface area contributed by atoms with E-state index < -0.39 is 0 Å². The predicted molar refractivity (Wildman–Crippen MR) is 118 cm³/mol. The van der Waals surface area contributed by atoms with Crippen LogP contribution in [0.3, 0.4) is 0 Å². The van der Waals surface area contributed by atoms with E-state index in [0.717, 1.165) is 28.9 Å². The first-order valence-electron chi connectivity index (χ1n) is 9.68. The molecule has 0 aliphatic rings. The van der Waals surface area contributed by atoms with Crippen LogP contribution in [0.5, 0.6) is 0 Å². The van der Waals surface area contributed by atoms with Gasteiger partial charge < -0.3 is 11.1 Å². The maximum atomic E-state index is 11.2. The summed E-state index contributed by atoms with van der Waals surface area (Å²) in [6.45, 7) is 15.7. The van der Waals surface area contributed by atoms with Crippen molar-refractivity contribution in [3.8, 4) is 0 Å². The molecule has 0 unspecified atom stereocenters. The summed E-state index contributed by atoms with van der Waals surface area (Å²) in [6.07, 6.45) is 2.01. The third kappa shape index (κ3) is 10.5. The second-order valence-electron chi connectivity index (χ2n) is 5.42. The number of benzene rings is 2. The first-order chi connectivity index (χ1) is 12.5. The van der Waals surface area contributed by atoms with Gasteiger partial charge in [-0.3, -0.25) is 4.79 Å². The molecule has 2 aromatic rings. The summed E-state index contributed by atoms with van der Waals surface area (Å²) >= 11 is 0. The highest BCUT2D eigenvalue weighted by molar-refractivity contribution is 5.90. The van der Waals surface area contributed by atoms with Gasteiger partial charge in [0.25, 0.3) is 0 Å². The van der Waals surface area contributed by atoms with Gasteiger partial charge in [0.1, 0.15) is 0 Å². The Hall–Kier alpha value is -2.29. The molecular formula is C23H38N2O. The summed E-state index contributed by atoms with van der Waals surface area (Å²) in [4.78, 5) is 11.2. The van der Waals surface area contributed by atoms with Crippen molar-refractivity contribution in [1.29, 1.82) is 0 Å². The Morgan fingerprint density at radius 1 is 1.00 bits per heavy atom. The molecule has 2 aromatic carbocycles. The second kappa shape index (κ2) is 16.2. The number of hydrogen-bond donors (Lipinski definition) is 2. The van der Waals surface area contributed by atoms with Crippen molar-refractivity contribution >= 4 is 17.3 Å². The van der Waals surface area contributed by atoms with Gasteiger partial charge in [-0.1, -0.05) is 78.3 Å². The largest absolute Gasteiger partial charge is 0.398 e. The van der Waals surface area contributed by atoms with E-state index in [1.807, 2.05) is 65.0 Å². The van der Waals surface area contributed by atoms with E-state index in [-0.39, 0.29) is 5.91 Å². The zero-order valence-electron chi connectivity index (χ0n) is 17.9. The van der Waals surface area contributed by atoms with E-state index in [9.17, 15) is 4.79 Å². The van der Waals surface area contributed by atoms with Crippen LogP contribution in [0.15, 0.2) is 42.5 Å². The van der Waals surface area contributed by atoms with E-state index in [4.69, 9.17) is 5.73 Å². The van der Waals surface area contributed by atoms with Crippen molar-refractivity contribution < 1.29 is 4.79 Å². The van der Waals surface area contributed by atoms with Crippen LogP contribution in [0.1, 0.15) is 71.6 Å². The van der Waals surface area contributed by atoms with Crippen molar-refractivity contribution in [2.75, 3.05) is 11.1 Å². The lowest BCUT2D eigenvalue weighted by Crippen LogP contribution is -2.08. The molecule has 3 N–H and O–H groups in total. The number of anilines is 2. The van der Waals surface area contributed by atoms with E-state index in [1.54, 1.807) is 0 Å². The molecule has 0 aliphatic heterocycles. The summed E-state index contributed by atoms with van der Waals surface area (Å²) < 4.78 is 0. The SMILES string of the molecule is CC.CC.CC(=O)Nc1cc(Cc2ccccc2)c(N)cc1C.CCC. The third-order valence-electron chi connectivity index (χ3n) is 3.03. The average molecular weight is 359 g/mol. The molecule has 0 aliphatic carbocycles. The van der Waals surface area contributed by atoms with Gasteiger partial charge in [0.2, 0.25) is 5.91 Å². The zero-order valence-corrected chi connectivity index (χ0v) is 17.9. The number of carbonyl (C=O) groups excluding carboxylic acids is 1. The Labute approximate surface area is 161 Å². The molecule has 0 spiro atoms. The fourth-order valence-corrected chi connectivity index (χ4v) is 2.07. The quantitative estimate of drug-likeness (QED) is 0.608. The molecule has 146 valence electrons. The number of amides is 1. The molecule has 0 bridgehead atoms. The topological polar surface area (TPSA) is 55.1 Å². The van der Waals surface area contributed by atoms with Gasteiger partial charge in [0.05, 0.1) is 0 Å². The molecule has 0 saturated carbocycles. The molecule has 0 heterocycles. The summed E-state index contributed by atoms with van der Waals surface area (Å²) in [5.41, 5.74) is 10.8. The minimum absolute atomic E-state index is 0.0708. The molecule has 3 nitrogen and oxygen atoms in total. The van der Waals surface area contributed by atoms with Gasteiger partial charge in [-0.05, 0) is 42.2 Å². The number of nitrogens with two attached hydrogens (primary N) is 1. The Morgan fingerprint density at radius 3 is 1.96 bits per heavy atom. The van der Waals surface area contributed by atoms with Crippen molar-refractivity contribution in [2.45, 2.75) is 68.2 Å². The van der Waals surface area contributed by atoms with Crippen molar-refractivity contribution in [3.63, 3.8) is 0 Å². The Balaban J connectivity index is 0. The van der Waals surface area contributed by atoms with E-state index in [2.05, 4.69) is 31.3 Å². The van der Waals surface area contributed by atoms with Crippen LogP contribution in [-0.2, 0) is 11.2 Å². The molecule has 0 radical (unpaired) electrons. The Morgan fingerprint density at radius 2 is 1.50 bits per heavy atom. The van der Waals surface area contributed by atoms with Crippen LogP contribution in [0.2, 0.25) is 0 Å². The number of aryl methyl sites for hydroxylation is 1. The minimum Gasteiger partial charge on any atom is -0.398 e. The molecule has 2 rings (SSSR count). The minimum atomic E-state index is -0.0708. The Kier molecular flexibility index (Phi) is 16.2. The standard InChI is InChI=1S/C16H18N2O.C3H8.2C2H6/c1-11-8-15(17)14(10-16(11)18-12(2)19)9-13-6-4-3-5-7-13;1-3-2;2*1-2/h3-8,10H,9,17H2,1-2H3,(H,18,19);3H2,1-2H3;2*1-2H3. The highest BCUT2D eigenvalue weighted by Crippen LogP contribution is 2.25. The summed E-state index contributed by atoms with van der Waals surface area (Å²) in [5.74, 6) is -0.0708. The van der Waals surface area contributed by atoms with E-state index >= 15 is 0 Å². The normalized spacial score (nSPS) is 8.62. The first-order valence-corrected chi connectivity index (χ1v) is 9.68. The molecule has 0 saturated heterocycles. The maximum Gasteiger partial charge on any atom is 0.221 e. The number of carbonyl (C=O) groups is 1. The van der Waals surface area contributed by atoms with Gasteiger partial charge >= 0.3 is 0 Å². The van der Waals surface area contributed by atoms with Crippen LogP contribution in [0, 0.1) is 6.92 Å². The average Bonchev–Trinajstić information content (AvgIpc) is 2.64. The number of nitrogens with one attached hydrogen (secondary N) is 1. The molecule has 0 fully saturated rings. The molecular weight excluding hydrogens is 320 g/mol. The van der Waals surface area contributed by atoms with Gasteiger partial charge in [-0.25, -0.2) is 0 Å². The van der Waals surface area contributed by atoms with Crippen LogP contribution >= 0.6 is 0 Å². The lowest BCUT2D eigenvalue weighted by atomic mass is 10.0. The van der Waals surface area contributed by atoms with Crippen molar-refractivity contribution in [3.05, 3.63) is 59.2 Å². The van der Waals surface area contributed by atoms with E-state index in [1.165, 1.54) is 18.9 Å². The molecule has 3 heteroatoms. The van der Waals surface area contributed by atoms with Gasteiger partial charge in [-0.2, -0.15) is 0 Å². The van der Waals surface area contributed by atoms with E-state index in [0.29, 0.717) is 0 Å². The third-order valence-corrected chi connectivity index (χ3v) is 3.03. The van der Waals surface area contributed by atoms with Crippen LogP contribution in [-0.4, -0.2) is 5.91 Å². The summed E-state index contributed by atoms with van der Waals surface area (Å²) in [6, 6.07) is 14.0. The first kappa shape index (κ1) is 25.9. The second-order valence-corrected chi connectivity index (χ2v) is 5.42. The molecule has 1 amide bonds. The lowest BCUT2D eigenvalue weighted by molar-refractivity contribution is -0.114. The molecule has 0 atom stereocenters. The van der Waals surface area contributed by atoms with Crippen molar-refractivity contribution in [2.24, 2.45) is 0 Å². The number of rotatable bonds is 3. The summed E-state index contributed by atoms with van der Waals surface area (Å²) in [5, 5.41) is 2.83. The van der Waals surface area contributed by atoms with Gasteiger partial charge in [-0.15, -0.1) is 0 Å². The van der Waals surface area contributed by atoms with Gasteiger partial charge in [0, 0.05) is 18.3 Å². The highest BCUT2D eigenvalue weighted by atomic mass is 16.1. The summed E-state index contributed by atoms with van der Waals surface area (Å²) in [7, 11) is 0. The smallest absolute Gasteiger partial charge is 0.221 e. The fraction of sp³-hybridized carbons (Fsp3) is 0.435. The van der Waals surface area contributed by atoms with Crippen molar-refractivity contribution in [1.82, 2.24) is 0 Å². The van der Waals surface area contributed by atoms with Gasteiger partial charge in [0.15, 0.2) is 0 Å². The monoisotopic (exact) mass is 358 g/mol. The number of nitrogen functional groups attached to an aromatic ring is 1. The highest BCUT2D eigenvalue weighted by Gasteiger charge is 2.07. The number of hydrogen-bond acceptors (Lipinski definition) is 2. The maximum absolute atomic E-state index is 11.2. The van der Waals surface area contributed by atoms with Crippen LogP contribution in [0.25, 0.3) is 0 Å². The molecule has 26 heavy (non-hydrogen) atoms. The fourth-order valence-electron chi connectivity index (χ4n) is 2.07.